The average molecular weight is 472 g/mol. The fourth-order valence-electron chi connectivity index (χ4n) is 4.10. The molecule has 7 nitrogen and oxygen atoms in total. The number of aryl methyl sites for hydroxylation is 3. The van der Waals surface area contributed by atoms with Crippen LogP contribution in [0.4, 0.5) is 0 Å². The molecule has 0 saturated carbocycles. The number of methoxy groups -OCH3 is 2. The van der Waals surface area contributed by atoms with Crippen LogP contribution in [0.3, 0.4) is 0 Å². The minimum atomic E-state index is -0.199. The fraction of sp³-hybridized carbons (Fsp3) is 0.250. The highest BCUT2D eigenvalue weighted by molar-refractivity contribution is 5.94. The van der Waals surface area contributed by atoms with Gasteiger partial charge >= 0.3 is 0 Å². The smallest absolute Gasteiger partial charge is 0.272 e. The number of amides is 1. The molecular formula is C28H29N3O4. The molecule has 3 aromatic carbocycles. The van der Waals surface area contributed by atoms with E-state index >= 15 is 0 Å². The first-order valence-electron chi connectivity index (χ1n) is 11.4. The summed E-state index contributed by atoms with van der Waals surface area (Å²) in [5.74, 6) is 1.01. The van der Waals surface area contributed by atoms with Crippen LogP contribution in [0, 0.1) is 20.8 Å². The van der Waals surface area contributed by atoms with E-state index < -0.39 is 0 Å². The van der Waals surface area contributed by atoms with Crippen molar-refractivity contribution in [3.63, 3.8) is 0 Å². The number of nitrogens with one attached hydrogen (secondary N) is 1. The molecular weight excluding hydrogens is 442 g/mol. The van der Waals surface area contributed by atoms with E-state index in [1.54, 1.807) is 37.8 Å². The number of para-hydroxylation sites is 1. The minimum absolute atomic E-state index is 0.116. The summed E-state index contributed by atoms with van der Waals surface area (Å²) in [7, 11) is 3.15. The van der Waals surface area contributed by atoms with Gasteiger partial charge in [-0.05, 0) is 67.8 Å². The van der Waals surface area contributed by atoms with Gasteiger partial charge in [-0.3, -0.25) is 9.59 Å². The maximum absolute atomic E-state index is 12.9. The molecule has 7 heteroatoms. The Kier molecular flexibility index (Phi) is 6.87. The van der Waals surface area contributed by atoms with E-state index in [4.69, 9.17) is 9.47 Å². The Bertz CT molecular complexity index is 1460. The van der Waals surface area contributed by atoms with E-state index in [0.29, 0.717) is 35.8 Å². The maximum Gasteiger partial charge on any atom is 0.272 e. The van der Waals surface area contributed by atoms with Crippen LogP contribution in [0.5, 0.6) is 11.5 Å². The average Bonchev–Trinajstić information content (AvgIpc) is 2.86. The second kappa shape index (κ2) is 10.0. The molecule has 0 aliphatic rings. The lowest BCUT2D eigenvalue weighted by Crippen LogP contribution is -2.25. The number of carbonyl (C=O) groups is 1. The molecule has 0 aliphatic carbocycles. The van der Waals surface area contributed by atoms with Crippen LogP contribution in [-0.4, -0.2) is 29.7 Å². The first-order chi connectivity index (χ1) is 16.8. The number of carbonyl (C=O) groups excluding carboxylic acids is 1. The quantitative estimate of drug-likeness (QED) is 0.434. The largest absolute Gasteiger partial charge is 0.493 e. The zero-order valence-electron chi connectivity index (χ0n) is 20.6. The van der Waals surface area contributed by atoms with E-state index in [1.807, 2.05) is 56.3 Å². The first kappa shape index (κ1) is 24.0. The molecule has 1 aromatic heterocycles. The highest BCUT2D eigenvalue weighted by Crippen LogP contribution is 2.30. The number of benzene rings is 3. The van der Waals surface area contributed by atoms with Gasteiger partial charge < -0.3 is 19.4 Å². The maximum atomic E-state index is 12.9. The van der Waals surface area contributed by atoms with E-state index in [-0.39, 0.29) is 11.5 Å². The third-order valence-corrected chi connectivity index (χ3v) is 6.21. The summed E-state index contributed by atoms with van der Waals surface area (Å²) in [5, 5.41) is 2.92. The molecule has 0 saturated heterocycles. The molecule has 35 heavy (non-hydrogen) atoms. The number of rotatable bonds is 7. The SMILES string of the molecule is COc1cccc(CNC(=O)c2ccc(Cn3c(=O)c(C)nc4cc(C)c(C)cc43)cc2)c1OC. The third-order valence-electron chi connectivity index (χ3n) is 6.21. The fourth-order valence-corrected chi connectivity index (χ4v) is 4.10. The summed E-state index contributed by atoms with van der Waals surface area (Å²) < 4.78 is 12.5. The highest BCUT2D eigenvalue weighted by Gasteiger charge is 2.13. The molecule has 0 unspecified atom stereocenters. The molecule has 1 amide bonds. The van der Waals surface area contributed by atoms with Crippen LogP contribution < -0.4 is 20.3 Å². The van der Waals surface area contributed by atoms with Crippen molar-refractivity contribution in [3.05, 3.63) is 98.5 Å². The van der Waals surface area contributed by atoms with Crippen LogP contribution in [0.15, 0.2) is 59.4 Å². The standard InChI is InChI=1S/C28H29N3O4/c1-17-13-23-24(14-18(17)2)31(28(33)19(3)30-23)16-20-9-11-21(12-10-20)27(32)29-15-22-7-6-8-25(34-4)26(22)35-5/h6-14H,15-16H2,1-5H3,(H,29,32). The Morgan fingerprint density at radius 2 is 1.69 bits per heavy atom. The molecule has 4 rings (SSSR count). The van der Waals surface area contributed by atoms with E-state index in [9.17, 15) is 9.59 Å². The Morgan fingerprint density at radius 1 is 0.971 bits per heavy atom. The Labute approximate surface area is 204 Å². The van der Waals surface area contributed by atoms with Crippen LogP contribution >= 0.6 is 0 Å². The van der Waals surface area contributed by atoms with Crippen LogP contribution in [0.1, 0.15) is 38.3 Å². The zero-order chi connectivity index (χ0) is 25.1. The lowest BCUT2D eigenvalue weighted by Gasteiger charge is -2.14. The van der Waals surface area contributed by atoms with Gasteiger partial charge in [0.2, 0.25) is 0 Å². The van der Waals surface area contributed by atoms with Gasteiger partial charge in [0.15, 0.2) is 11.5 Å². The summed E-state index contributed by atoms with van der Waals surface area (Å²) in [6, 6.07) is 16.8. The number of aromatic nitrogens is 2. The van der Waals surface area contributed by atoms with Crippen molar-refractivity contribution < 1.29 is 14.3 Å². The van der Waals surface area contributed by atoms with Gasteiger partial charge in [0, 0.05) is 17.7 Å². The molecule has 0 spiro atoms. The lowest BCUT2D eigenvalue weighted by atomic mass is 10.1. The molecule has 0 radical (unpaired) electrons. The number of fused-ring (bicyclic) bond motifs is 1. The van der Waals surface area contributed by atoms with Crippen molar-refractivity contribution >= 4 is 16.9 Å². The van der Waals surface area contributed by atoms with Crippen molar-refractivity contribution in [2.75, 3.05) is 14.2 Å². The van der Waals surface area contributed by atoms with Gasteiger partial charge in [-0.25, -0.2) is 4.98 Å². The Morgan fingerprint density at radius 3 is 2.37 bits per heavy atom. The molecule has 180 valence electrons. The Hall–Kier alpha value is -4.13. The number of nitrogens with zero attached hydrogens (tertiary/aromatic N) is 2. The predicted molar refractivity (Wildman–Crippen MR) is 136 cm³/mol. The normalized spacial score (nSPS) is 10.9. The minimum Gasteiger partial charge on any atom is -0.493 e. The van der Waals surface area contributed by atoms with E-state index in [2.05, 4.69) is 10.3 Å². The summed E-state index contributed by atoms with van der Waals surface area (Å²) in [5.41, 5.74) is 6.47. The second-order valence-electron chi connectivity index (χ2n) is 8.55. The van der Waals surface area contributed by atoms with Crippen molar-refractivity contribution in [1.29, 1.82) is 0 Å². The number of ether oxygens (including phenoxy) is 2. The molecule has 0 bridgehead atoms. The molecule has 4 aromatic rings. The van der Waals surface area contributed by atoms with Gasteiger partial charge in [-0.15, -0.1) is 0 Å². The third kappa shape index (κ3) is 4.89. The first-order valence-corrected chi connectivity index (χ1v) is 11.4. The number of hydrogen-bond acceptors (Lipinski definition) is 5. The summed E-state index contributed by atoms with van der Waals surface area (Å²) >= 11 is 0. The number of hydrogen-bond donors (Lipinski definition) is 1. The van der Waals surface area contributed by atoms with E-state index in [0.717, 1.165) is 33.3 Å². The van der Waals surface area contributed by atoms with E-state index in [1.165, 1.54) is 0 Å². The summed E-state index contributed by atoms with van der Waals surface area (Å²) in [4.78, 5) is 30.1. The lowest BCUT2D eigenvalue weighted by molar-refractivity contribution is 0.0950. The molecule has 1 heterocycles. The molecule has 0 atom stereocenters. The topological polar surface area (TPSA) is 82.5 Å². The van der Waals surface area contributed by atoms with Gasteiger partial charge in [0.05, 0.1) is 31.8 Å². The summed E-state index contributed by atoms with van der Waals surface area (Å²) in [6.07, 6.45) is 0. The second-order valence-corrected chi connectivity index (χ2v) is 8.55. The zero-order valence-corrected chi connectivity index (χ0v) is 20.6. The van der Waals surface area contributed by atoms with Gasteiger partial charge in [0.1, 0.15) is 5.69 Å². The molecule has 0 aliphatic heterocycles. The molecule has 1 N–H and O–H groups in total. The Balaban J connectivity index is 1.53. The van der Waals surface area contributed by atoms with Crippen LogP contribution in [0.25, 0.3) is 11.0 Å². The van der Waals surface area contributed by atoms with Crippen molar-refractivity contribution in [2.24, 2.45) is 0 Å². The molecule has 0 fully saturated rings. The van der Waals surface area contributed by atoms with Gasteiger partial charge in [-0.1, -0.05) is 24.3 Å². The predicted octanol–water partition coefficient (Wildman–Crippen LogP) is 4.32. The highest BCUT2D eigenvalue weighted by atomic mass is 16.5. The van der Waals surface area contributed by atoms with Gasteiger partial charge in [0.25, 0.3) is 11.5 Å². The summed E-state index contributed by atoms with van der Waals surface area (Å²) in [6.45, 7) is 6.49. The van der Waals surface area contributed by atoms with Gasteiger partial charge in [-0.2, -0.15) is 0 Å². The monoisotopic (exact) mass is 471 g/mol. The van der Waals surface area contributed by atoms with Crippen LogP contribution in [0.2, 0.25) is 0 Å². The van der Waals surface area contributed by atoms with Crippen LogP contribution in [-0.2, 0) is 13.1 Å². The van der Waals surface area contributed by atoms with Crippen molar-refractivity contribution in [2.45, 2.75) is 33.9 Å². The van der Waals surface area contributed by atoms with Crippen molar-refractivity contribution in [1.82, 2.24) is 14.9 Å². The van der Waals surface area contributed by atoms with Crippen molar-refractivity contribution in [3.8, 4) is 11.5 Å².